The molecule has 120 valence electrons. The van der Waals surface area contributed by atoms with Gasteiger partial charge in [-0.15, -0.1) is 0 Å². The second-order valence-corrected chi connectivity index (χ2v) is 5.71. The van der Waals surface area contributed by atoms with Crippen molar-refractivity contribution in [3.8, 4) is 5.75 Å². The number of ether oxygens (including phenoxy) is 1. The van der Waals surface area contributed by atoms with E-state index in [1.165, 1.54) is 0 Å². The molecule has 23 heavy (non-hydrogen) atoms. The molecule has 2 aromatic rings. The first-order valence-corrected chi connectivity index (χ1v) is 7.85. The van der Waals surface area contributed by atoms with Crippen molar-refractivity contribution in [3.63, 3.8) is 0 Å². The summed E-state index contributed by atoms with van der Waals surface area (Å²) in [6.45, 7) is 1.66. The predicted octanol–water partition coefficient (Wildman–Crippen LogP) is 2.89. The van der Waals surface area contributed by atoms with Crippen molar-refractivity contribution >= 4 is 33.4 Å². The number of anilines is 1. The summed E-state index contributed by atoms with van der Waals surface area (Å²) in [5.74, 6) is -0.00279. The number of halogens is 1. The lowest BCUT2D eigenvalue weighted by molar-refractivity contribution is -0.125. The first-order chi connectivity index (χ1) is 11.1. The monoisotopic (exact) mass is 376 g/mol. The van der Waals surface area contributed by atoms with Gasteiger partial charge in [0.1, 0.15) is 5.75 Å². The molecule has 0 atom stereocenters. The Kier molecular flexibility index (Phi) is 6.17. The maximum atomic E-state index is 11.8. The molecule has 0 unspecified atom stereocenters. The van der Waals surface area contributed by atoms with E-state index in [2.05, 4.69) is 26.6 Å². The molecular formula is C17H17BrN2O3. The average molecular weight is 377 g/mol. The van der Waals surface area contributed by atoms with E-state index in [1.54, 1.807) is 12.1 Å². The van der Waals surface area contributed by atoms with Crippen LogP contribution in [-0.2, 0) is 9.59 Å². The minimum atomic E-state index is -0.351. The van der Waals surface area contributed by atoms with E-state index in [4.69, 9.17) is 4.74 Å². The Hall–Kier alpha value is -2.34. The molecule has 2 rings (SSSR count). The first kappa shape index (κ1) is 17.0. The molecule has 0 saturated heterocycles. The van der Waals surface area contributed by atoms with Crippen LogP contribution in [0.4, 0.5) is 5.69 Å². The van der Waals surface area contributed by atoms with E-state index in [9.17, 15) is 9.59 Å². The minimum absolute atomic E-state index is 0.114. The number of rotatable bonds is 6. The molecule has 0 heterocycles. The summed E-state index contributed by atoms with van der Waals surface area (Å²) in [7, 11) is 0. The highest BCUT2D eigenvalue weighted by molar-refractivity contribution is 9.10. The third-order valence-corrected chi connectivity index (χ3v) is 3.74. The number of benzene rings is 2. The molecule has 5 nitrogen and oxygen atoms in total. The van der Waals surface area contributed by atoms with Crippen molar-refractivity contribution in [2.75, 3.05) is 18.5 Å². The molecule has 0 aliphatic heterocycles. The van der Waals surface area contributed by atoms with Crippen LogP contribution in [0, 0.1) is 6.92 Å². The van der Waals surface area contributed by atoms with Crippen molar-refractivity contribution in [2.45, 2.75) is 6.92 Å². The fraction of sp³-hybridized carbons (Fsp3) is 0.176. The number of amides is 2. The number of hydrogen-bond acceptors (Lipinski definition) is 3. The Morgan fingerprint density at radius 1 is 1.04 bits per heavy atom. The van der Waals surface area contributed by atoms with E-state index in [-0.39, 0.29) is 25.0 Å². The Morgan fingerprint density at radius 3 is 2.48 bits per heavy atom. The van der Waals surface area contributed by atoms with Crippen LogP contribution in [0.2, 0.25) is 0 Å². The Bertz CT molecular complexity index is 704. The van der Waals surface area contributed by atoms with Crippen LogP contribution >= 0.6 is 15.9 Å². The molecule has 0 fully saturated rings. The predicted molar refractivity (Wildman–Crippen MR) is 92.5 cm³/mol. The topological polar surface area (TPSA) is 67.4 Å². The third kappa shape index (κ3) is 5.41. The largest absolute Gasteiger partial charge is 0.484 e. The molecule has 0 saturated carbocycles. The molecule has 0 spiro atoms. The summed E-state index contributed by atoms with van der Waals surface area (Å²) in [5, 5.41) is 5.23. The van der Waals surface area contributed by atoms with Crippen LogP contribution in [0.1, 0.15) is 5.56 Å². The normalized spacial score (nSPS) is 10.0. The molecule has 0 radical (unpaired) electrons. The van der Waals surface area contributed by atoms with Gasteiger partial charge >= 0.3 is 0 Å². The lowest BCUT2D eigenvalue weighted by atomic mass is 10.2. The van der Waals surface area contributed by atoms with Gasteiger partial charge < -0.3 is 15.4 Å². The van der Waals surface area contributed by atoms with Crippen LogP contribution in [0.3, 0.4) is 0 Å². The van der Waals surface area contributed by atoms with Crippen molar-refractivity contribution in [1.29, 1.82) is 0 Å². The molecular weight excluding hydrogens is 360 g/mol. The number of hydrogen-bond donors (Lipinski definition) is 2. The second-order valence-electron chi connectivity index (χ2n) is 4.86. The van der Waals surface area contributed by atoms with Crippen LogP contribution in [0.25, 0.3) is 0 Å². The Labute approximate surface area is 143 Å². The molecule has 0 bridgehead atoms. The second kappa shape index (κ2) is 8.33. The quantitative estimate of drug-likeness (QED) is 0.814. The molecule has 6 heteroatoms. The lowest BCUT2D eigenvalue weighted by Crippen LogP contribution is -2.35. The van der Waals surface area contributed by atoms with Gasteiger partial charge in [-0.2, -0.15) is 0 Å². The standard InChI is InChI=1S/C17H17BrN2O3/c1-12-6-2-5-9-15(12)23-11-17(22)19-10-16(21)20-14-8-4-3-7-13(14)18/h2-9H,10-11H2,1H3,(H,19,22)(H,20,21). The van der Waals surface area contributed by atoms with Gasteiger partial charge in [-0.25, -0.2) is 0 Å². The van der Waals surface area contributed by atoms with Gasteiger partial charge in [-0.05, 0) is 46.6 Å². The molecule has 0 aliphatic rings. The number of carbonyl (C=O) groups excluding carboxylic acids is 2. The van der Waals surface area contributed by atoms with Crippen LogP contribution in [0.5, 0.6) is 5.75 Å². The van der Waals surface area contributed by atoms with Crippen LogP contribution in [0.15, 0.2) is 53.0 Å². The smallest absolute Gasteiger partial charge is 0.258 e. The summed E-state index contributed by atoms with van der Waals surface area (Å²) in [4.78, 5) is 23.5. The van der Waals surface area contributed by atoms with Gasteiger partial charge in [0.05, 0.1) is 12.2 Å². The maximum absolute atomic E-state index is 11.8. The Morgan fingerprint density at radius 2 is 1.74 bits per heavy atom. The van der Waals surface area contributed by atoms with Gasteiger partial charge in [0.2, 0.25) is 5.91 Å². The number of nitrogens with one attached hydrogen (secondary N) is 2. The Balaban J connectivity index is 1.75. The fourth-order valence-electron chi connectivity index (χ4n) is 1.85. The minimum Gasteiger partial charge on any atom is -0.484 e. The van der Waals surface area contributed by atoms with Gasteiger partial charge in [0.25, 0.3) is 5.91 Å². The fourth-order valence-corrected chi connectivity index (χ4v) is 2.23. The van der Waals surface area contributed by atoms with E-state index >= 15 is 0 Å². The van der Waals surface area contributed by atoms with Crippen molar-refractivity contribution in [3.05, 3.63) is 58.6 Å². The summed E-state index contributed by atoms with van der Waals surface area (Å²) < 4.78 is 6.20. The number of aryl methyl sites for hydroxylation is 1. The highest BCUT2D eigenvalue weighted by Gasteiger charge is 2.08. The summed E-state index contributed by atoms with van der Waals surface area (Å²) in [5.41, 5.74) is 1.61. The van der Waals surface area contributed by atoms with Crippen LogP contribution in [-0.4, -0.2) is 25.0 Å². The summed E-state index contributed by atoms with van der Waals surface area (Å²) in [6.07, 6.45) is 0. The highest BCUT2D eigenvalue weighted by Crippen LogP contribution is 2.20. The maximum Gasteiger partial charge on any atom is 0.258 e. The van der Waals surface area contributed by atoms with E-state index in [0.717, 1.165) is 10.0 Å². The van der Waals surface area contributed by atoms with Gasteiger partial charge in [0.15, 0.2) is 6.61 Å². The zero-order valence-corrected chi connectivity index (χ0v) is 14.2. The van der Waals surface area contributed by atoms with Crippen LogP contribution < -0.4 is 15.4 Å². The first-order valence-electron chi connectivity index (χ1n) is 7.06. The molecule has 0 aromatic heterocycles. The molecule has 0 aliphatic carbocycles. The molecule has 2 amide bonds. The number of para-hydroxylation sites is 2. The van der Waals surface area contributed by atoms with Crippen molar-refractivity contribution < 1.29 is 14.3 Å². The van der Waals surface area contributed by atoms with E-state index in [1.807, 2.05) is 43.3 Å². The third-order valence-electron chi connectivity index (χ3n) is 3.05. The van der Waals surface area contributed by atoms with Crippen molar-refractivity contribution in [1.82, 2.24) is 5.32 Å². The summed E-state index contributed by atoms with van der Waals surface area (Å²) in [6, 6.07) is 14.7. The van der Waals surface area contributed by atoms with Gasteiger partial charge in [-0.3, -0.25) is 9.59 Å². The van der Waals surface area contributed by atoms with E-state index < -0.39 is 0 Å². The van der Waals surface area contributed by atoms with E-state index in [0.29, 0.717) is 11.4 Å². The lowest BCUT2D eigenvalue weighted by Gasteiger charge is -2.10. The highest BCUT2D eigenvalue weighted by atomic mass is 79.9. The molecule has 2 N–H and O–H groups in total. The number of carbonyl (C=O) groups is 2. The van der Waals surface area contributed by atoms with Crippen molar-refractivity contribution in [2.24, 2.45) is 0 Å². The zero-order valence-electron chi connectivity index (χ0n) is 12.6. The van der Waals surface area contributed by atoms with Gasteiger partial charge in [-0.1, -0.05) is 30.3 Å². The van der Waals surface area contributed by atoms with Gasteiger partial charge in [0, 0.05) is 4.47 Å². The molecule has 2 aromatic carbocycles. The SMILES string of the molecule is Cc1ccccc1OCC(=O)NCC(=O)Nc1ccccc1Br. The average Bonchev–Trinajstić information content (AvgIpc) is 2.54. The summed E-state index contributed by atoms with van der Waals surface area (Å²) >= 11 is 3.34. The zero-order chi connectivity index (χ0) is 16.7.